The van der Waals surface area contributed by atoms with Crippen LogP contribution in [0.4, 0.5) is 8.78 Å². The van der Waals surface area contributed by atoms with Crippen molar-refractivity contribution in [3.63, 3.8) is 0 Å². The third-order valence-corrected chi connectivity index (χ3v) is 2.56. The highest BCUT2D eigenvalue weighted by molar-refractivity contribution is 5.67. The molecule has 0 saturated heterocycles. The van der Waals surface area contributed by atoms with Gasteiger partial charge < -0.3 is 0 Å². The van der Waals surface area contributed by atoms with Gasteiger partial charge in [-0.2, -0.15) is 5.10 Å². The van der Waals surface area contributed by atoms with E-state index in [1.807, 2.05) is 13.8 Å². The Labute approximate surface area is 106 Å². The molecule has 0 fully saturated rings. The number of benzene rings is 1. The molecular formula is C14H18F2N2. The highest BCUT2D eigenvalue weighted by Gasteiger charge is 2.17. The summed E-state index contributed by atoms with van der Waals surface area (Å²) in [4.78, 5) is 0. The van der Waals surface area contributed by atoms with Crippen LogP contribution >= 0.6 is 0 Å². The molecule has 18 heavy (non-hydrogen) atoms. The van der Waals surface area contributed by atoms with Crippen molar-refractivity contribution < 1.29 is 8.78 Å². The quantitative estimate of drug-likeness (QED) is 0.776. The summed E-state index contributed by atoms with van der Waals surface area (Å²) < 4.78 is 27.5. The largest absolute Gasteiger partial charge is 0.275 e. The Morgan fingerprint density at radius 2 is 1.89 bits per heavy atom. The first-order valence-corrected chi connectivity index (χ1v) is 5.96. The van der Waals surface area contributed by atoms with Crippen LogP contribution in [0.3, 0.4) is 0 Å². The molecule has 1 heterocycles. The van der Waals surface area contributed by atoms with Gasteiger partial charge in [0.2, 0.25) is 0 Å². The minimum absolute atomic E-state index is 0.0931. The van der Waals surface area contributed by atoms with Gasteiger partial charge in [0.25, 0.3) is 6.43 Å². The van der Waals surface area contributed by atoms with Gasteiger partial charge in [0.15, 0.2) is 0 Å². The molecule has 2 aromatic rings. The topological polar surface area (TPSA) is 17.8 Å². The molecule has 1 aromatic carbocycles. The lowest BCUT2D eigenvalue weighted by Gasteiger charge is -2.10. The van der Waals surface area contributed by atoms with Gasteiger partial charge >= 0.3 is 0 Å². The van der Waals surface area contributed by atoms with Crippen molar-refractivity contribution in [3.8, 4) is 11.1 Å². The number of halogens is 2. The second-order valence-corrected chi connectivity index (χ2v) is 3.74. The zero-order valence-corrected chi connectivity index (χ0v) is 11.1. The van der Waals surface area contributed by atoms with E-state index in [9.17, 15) is 8.78 Å². The zero-order chi connectivity index (χ0) is 13.7. The van der Waals surface area contributed by atoms with Gasteiger partial charge in [-0.25, -0.2) is 8.78 Å². The first-order chi connectivity index (χ1) is 8.59. The number of aryl methyl sites for hydroxylation is 2. The van der Waals surface area contributed by atoms with Crippen LogP contribution in [0.2, 0.25) is 0 Å². The van der Waals surface area contributed by atoms with E-state index in [0.29, 0.717) is 11.1 Å². The van der Waals surface area contributed by atoms with Crippen LogP contribution in [0.15, 0.2) is 30.6 Å². The predicted molar refractivity (Wildman–Crippen MR) is 69.7 cm³/mol. The van der Waals surface area contributed by atoms with Crippen LogP contribution in [0.25, 0.3) is 11.1 Å². The Bertz CT molecular complexity index is 504. The normalized spacial score (nSPS) is 10.2. The molecule has 0 spiro atoms. The lowest BCUT2D eigenvalue weighted by atomic mass is 9.98. The minimum Gasteiger partial charge on any atom is -0.275 e. The first-order valence-electron chi connectivity index (χ1n) is 5.96. The number of hydrogen-bond donors (Lipinski definition) is 0. The molecule has 0 amide bonds. The van der Waals surface area contributed by atoms with Crippen molar-refractivity contribution in [2.75, 3.05) is 0 Å². The molecule has 0 bridgehead atoms. The lowest BCUT2D eigenvalue weighted by Crippen LogP contribution is -1.93. The Morgan fingerprint density at radius 3 is 2.39 bits per heavy atom. The summed E-state index contributed by atoms with van der Waals surface area (Å²) in [7, 11) is 1.77. The smallest absolute Gasteiger partial charge is 0.264 e. The molecule has 0 aliphatic carbocycles. The van der Waals surface area contributed by atoms with Gasteiger partial charge in [0, 0.05) is 24.4 Å². The fourth-order valence-corrected chi connectivity index (χ4v) is 1.78. The molecule has 2 rings (SSSR count). The van der Waals surface area contributed by atoms with Crippen LogP contribution in [0.1, 0.15) is 31.4 Å². The van der Waals surface area contributed by atoms with E-state index in [2.05, 4.69) is 5.10 Å². The van der Waals surface area contributed by atoms with E-state index >= 15 is 0 Å². The van der Waals surface area contributed by atoms with E-state index in [4.69, 9.17) is 0 Å². The molecule has 98 valence electrons. The molecule has 1 aromatic heterocycles. The van der Waals surface area contributed by atoms with Crippen LogP contribution < -0.4 is 0 Å². The zero-order valence-electron chi connectivity index (χ0n) is 11.1. The fourth-order valence-electron chi connectivity index (χ4n) is 1.78. The second kappa shape index (κ2) is 6.28. The summed E-state index contributed by atoms with van der Waals surface area (Å²) in [5.41, 5.74) is 1.98. The van der Waals surface area contributed by atoms with E-state index in [1.54, 1.807) is 49.2 Å². The van der Waals surface area contributed by atoms with Crippen molar-refractivity contribution in [3.05, 3.63) is 41.7 Å². The average Bonchev–Trinajstić information content (AvgIpc) is 2.77. The van der Waals surface area contributed by atoms with Crippen LogP contribution in [-0.4, -0.2) is 9.78 Å². The van der Waals surface area contributed by atoms with Gasteiger partial charge in [0.1, 0.15) is 0 Å². The number of alkyl halides is 2. The van der Waals surface area contributed by atoms with E-state index in [0.717, 1.165) is 5.56 Å². The van der Waals surface area contributed by atoms with E-state index < -0.39 is 6.43 Å². The van der Waals surface area contributed by atoms with E-state index in [1.165, 1.54) is 0 Å². The van der Waals surface area contributed by atoms with E-state index in [-0.39, 0.29) is 5.56 Å². The molecule has 0 radical (unpaired) electrons. The highest BCUT2D eigenvalue weighted by Crippen LogP contribution is 2.33. The fraction of sp³-hybridized carbons (Fsp3) is 0.357. The van der Waals surface area contributed by atoms with Crippen LogP contribution in [0.5, 0.6) is 0 Å². The van der Waals surface area contributed by atoms with Crippen molar-refractivity contribution >= 4 is 0 Å². The number of hydrogen-bond acceptors (Lipinski definition) is 1. The Morgan fingerprint density at radius 1 is 1.22 bits per heavy atom. The summed E-state index contributed by atoms with van der Waals surface area (Å²) in [6.45, 7) is 5.70. The first kappa shape index (κ1) is 14.4. The Balaban J connectivity index is 0.000000771. The van der Waals surface area contributed by atoms with Crippen molar-refractivity contribution in [1.82, 2.24) is 9.78 Å². The standard InChI is InChI=1S/C12H12F2N2.C2H6/c1-8-4-3-5-10(11(8)12(13)14)9-6-15-16(2)7-9;1-2/h3-7,12H,1-2H3;1-2H3. The van der Waals surface area contributed by atoms with Gasteiger partial charge in [-0.15, -0.1) is 0 Å². The van der Waals surface area contributed by atoms with Crippen molar-refractivity contribution in [2.24, 2.45) is 7.05 Å². The summed E-state index contributed by atoms with van der Waals surface area (Å²) in [6, 6.07) is 5.18. The lowest BCUT2D eigenvalue weighted by molar-refractivity contribution is 0.151. The highest BCUT2D eigenvalue weighted by atomic mass is 19.3. The third kappa shape index (κ3) is 2.94. The second-order valence-electron chi connectivity index (χ2n) is 3.74. The summed E-state index contributed by atoms with van der Waals surface area (Å²) in [6.07, 6.45) is 0.873. The molecule has 0 N–H and O–H groups in total. The molecule has 4 heteroatoms. The monoisotopic (exact) mass is 252 g/mol. The maximum Gasteiger partial charge on any atom is 0.264 e. The Kier molecular flexibility index (Phi) is 5.01. The molecule has 0 unspecified atom stereocenters. The van der Waals surface area contributed by atoms with Gasteiger partial charge in [-0.3, -0.25) is 4.68 Å². The maximum absolute atomic E-state index is 13.0. The summed E-state index contributed by atoms with van der Waals surface area (Å²) in [5, 5.41) is 3.99. The predicted octanol–water partition coefficient (Wildman–Crippen LogP) is 4.36. The molecule has 0 aliphatic heterocycles. The number of nitrogens with zero attached hydrogens (tertiary/aromatic N) is 2. The van der Waals surface area contributed by atoms with Crippen molar-refractivity contribution in [1.29, 1.82) is 0 Å². The Hall–Kier alpha value is -1.71. The van der Waals surface area contributed by atoms with Crippen LogP contribution in [0, 0.1) is 6.92 Å². The summed E-state index contributed by atoms with van der Waals surface area (Å²) in [5.74, 6) is 0. The molecule has 2 nitrogen and oxygen atoms in total. The van der Waals surface area contributed by atoms with Gasteiger partial charge in [0.05, 0.1) is 6.20 Å². The molecular weight excluding hydrogens is 234 g/mol. The third-order valence-electron chi connectivity index (χ3n) is 2.56. The molecule has 0 saturated carbocycles. The van der Waals surface area contributed by atoms with Gasteiger partial charge in [-0.05, 0) is 18.1 Å². The number of aromatic nitrogens is 2. The minimum atomic E-state index is -2.46. The van der Waals surface area contributed by atoms with Crippen molar-refractivity contribution in [2.45, 2.75) is 27.2 Å². The molecule has 0 aliphatic rings. The summed E-state index contributed by atoms with van der Waals surface area (Å²) >= 11 is 0. The maximum atomic E-state index is 13.0. The molecule has 0 atom stereocenters. The van der Waals surface area contributed by atoms with Gasteiger partial charge in [-0.1, -0.05) is 32.0 Å². The SMILES string of the molecule is CC.Cc1cccc(-c2cnn(C)c2)c1C(F)F. The van der Waals surface area contributed by atoms with Crippen LogP contribution in [-0.2, 0) is 7.05 Å². The number of rotatable bonds is 2. The average molecular weight is 252 g/mol.